The van der Waals surface area contributed by atoms with Crippen LogP contribution in [0.25, 0.3) is 0 Å². The van der Waals surface area contributed by atoms with E-state index in [0.717, 1.165) is 5.56 Å². The van der Waals surface area contributed by atoms with Crippen molar-refractivity contribution in [2.75, 3.05) is 12.9 Å². The van der Waals surface area contributed by atoms with Crippen LogP contribution in [0.1, 0.15) is 31.7 Å². The van der Waals surface area contributed by atoms with Crippen LogP contribution >= 0.6 is 0 Å². The lowest BCUT2D eigenvalue weighted by molar-refractivity contribution is -0.137. The molecule has 0 aliphatic heterocycles. The first kappa shape index (κ1) is 19.6. The van der Waals surface area contributed by atoms with Gasteiger partial charge in [0.15, 0.2) is 0 Å². The molecule has 2 atom stereocenters. The summed E-state index contributed by atoms with van der Waals surface area (Å²) in [6.07, 6.45) is 0.839. The van der Waals surface area contributed by atoms with Crippen LogP contribution in [-0.2, 0) is 26.0 Å². The Bertz CT molecular complexity index is 569. The van der Waals surface area contributed by atoms with Crippen LogP contribution in [0.2, 0.25) is 0 Å². The first-order valence-electron chi connectivity index (χ1n) is 7.64. The van der Waals surface area contributed by atoms with Crippen LogP contribution in [0, 0.1) is 0 Å². The molecule has 1 rings (SSSR count). The highest BCUT2D eigenvalue weighted by molar-refractivity contribution is 7.89. The first-order chi connectivity index (χ1) is 10.9. The van der Waals surface area contributed by atoms with Crippen molar-refractivity contribution in [3.05, 3.63) is 35.9 Å². The Labute approximate surface area is 137 Å². The van der Waals surface area contributed by atoms with E-state index in [9.17, 15) is 13.2 Å². The number of hydrogen-bond acceptors (Lipinski definition) is 4. The minimum absolute atomic E-state index is 0.0818. The first-order valence-corrected chi connectivity index (χ1v) is 9.30. The van der Waals surface area contributed by atoms with Crippen molar-refractivity contribution < 1.29 is 23.1 Å². The lowest BCUT2D eigenvalue weighted by atomic mass is 10.0. The average Bonchev–Trinajstić information content (AvgIpc) is 2.51. The predicted octanol–water partition coefficient (Wildman–Crippen LogP) is 1.81. The zero-order valence-corrected chi connectivity index (χ0v) is 14.4. The van der Waals surface area contributed by atoms with Gasteiger partial charge >= 0.3 is 5.97 Å². The van der Waals surface area contributed by atoms with E-state index < -0.39 is 22.0 Å². The monoisotopic (exact) mass is 343 g/mol. The number of aliphatic carboxylic acids is 1. The summed E-state index contributed by atoms with van der Waals surface area (Å²) in [5.74, 6) is -1.07. The van der Waals surface area contributed by atoms with Gasteiger partial charge in [0.2, 0.25) is 10.0 Å². The number of methoxy groups -OCH3 is 1. The second-order valence-corrected chi connectivity index (χ2v) is 7.28. The molecule has 130 valence electrons. The molecule has 0 amide bonds. The van der Waals surface area contributed by atoms with Crippen LogP contribution < -0.4 is 4.72 Å². The summed E-state index contributed by atoms with van der Waals surface area (Å²) in [4.78, 5) is 10.8. The summed E-state index contributed by atoms with van der Waals surface area (Å²) in [5.41, 5.74) is 0.962. The van der Waals surface area contributed by atoms with Gasteiger partial charge in [-0.1, -0.05) is 37.3 Å². The van der Waals surface area contributed by atoms with Gasteiger partial charge in [0.25, 0.3) is 0 Å². The molecule has 0 aliphatic rings. The van der Waals surface area contributed by atoms with Gasteiger partial charge in [-0.05, 0) is 24.8 Å². The molecule has 0 saturated heterocycles. The van der Waals surface area contributed by atoms with Crippen LogP contribution in [0.4, 0.5) is 0 Å². The molecule has 0 bridgehead atoms. The summed E-state index contributed by atoms with van der Waals surface area (Å²) in [6, 6.07) is 8.96. The van der Waals surface area contributed by atoms with Crippen LogP contribution in [-0.4, -0.2) is 44.5 Å². The fraction of sp³-hybridized carbons (Fsp3) is 0.562. The van der Waals surface area contributed by atoms with E-state index in [-0.39, 0.29) is 24.7 Å². The molecule has 2 unspecified atom stereocenters. The zero-order valence-electron chi connectivity index (χ0n) is 13.6. The van der Waals surface area contributed by atoms with E-state index in [4.69, 9.17) is 9.84 Å². The summed E-state index contributed by atoms with van der Waals surface area (Å²) in [6.45, 7) is 1.86. The summed E-state index contributed by atoms with van der Waals surface area (Å²) in [5, 5.41) is 8.85. The number of sulfonamides is 1. The largest absolute Gasteiger partial charge is 0.481 e. The number of rotatable bonds is 11. The van der Waals surface area contributed by atoms with E-state index in [0.29, 0.717) is 12.8 Å². The highest BCUT2D eigenvalue weighted by Gasteiger charge is 2.22. The highest BCUT2D eigenvalue weighted by Crippen LogP contribution is 2.10. The fourth-order valence-electron chi connectivity index (χ4n) is 2.30. The fourth-order valence-corrected chi connectivity index (χ4v) is 3.96. The molecule has 6 nitrogen and oxygen atoms in total. The van der Waals surface area contributed by atoms with Crippen molar-refractivity contribution in [2.45, 2.75) is 44.8 Å². The molecule has 0 aliphatic carbocycles. The number of carboxylic acid groups (broad SMARTS) is 1. The van der Waals surface area contributed by atoms with Gasteiger partial charge in [-0.2, -0.15) is 0 Å². The van der Waals surface area contributed by atoms with E-state index in [1.807, 2.05) is 37.3 Å². The van der Waals surface area contributed by atoms with E-state index in [1.165, 1.54) is 7.11 Å². The molecule has 1 aromatic rings. The number of ether oxygens (including phenoxy) is 1. The third kappa shape index (κ3) is 8.11. The van der Waals surface area contributed by atoms with Gasteiger partial charge in [0, 0.05) is 19.6 Å². The van der Waals surface area contributed by atoms with Gasteiger partial charge in [0.05, 0.1) is 11.9 Å². The zero-order chi connectivity index (χ0) is 17.3. The van der Waals surface area contributed by atoms with Crippen molar-refractivity contribution in [2.24, 2.45) is 0 Å². The SMILES string of the molecule is CCC(CS(=O)(=O)NC(CCC(=O)O)Cc1ccccc1)OC. The number of nitrogens with one attached hydrogen (secondary N) is 1. The Hall–Kier alpha value is -1.44. The molecule has 7 heteroatoms. The van der Waals surface area contributed by atoms with E-state index >= 15 is 0 Å². The van der Waals surface area contributed by atoms with Gasteiger partial charge in [-0.15, -0.1) is 0 Å². The topological polar surface area (TPSA) is 92.7 Å². The van der Waals surface area contributed by atoms with Gasteiger partial charge < -0.3 is 9.84 Å². The quantitative estimate of drug-likeness (QED) is 0.639. The predicted molar refractivity (Wildman–Crippen MR) is 88.8 cm³/mol. The van der Waals surface area contributed by atoms with Crippen molar-refractivity contribution in [3.8, 4) is 0 Å². The third-order valence-corrected chi connectivity index (χ3v) is 5.07. The maximum atomic E-state index is 12.3. The number of hydrogen-bond donors (Lipinski definition) is 2. The number of benzene rings is 1. The molecule has 0 saturated carbocycles. The van der Waals surface area contributed by atoms with Crippen LogP contribution in [0.5, 0.6) is 0 Å². The second-order valence-electron chi connectivity index (χ2n) is 5.48. The van der Waals surface area contributed by atoms with Crippen molar-refractivity contribution >= 4 is 16.0 Å². The minimum atomic E-state index is -3.54. The molecule has 23 heavy (non-hydrogen) atoms. The summed E-state index contributed by atoms with van der Waals surface area (Å²) < 4.78 is 32.3. The Morgan fingerprint density at radius 2 is 1.96 bits per heavy atom. The maximum absolute atomic E-state index is 12.3. The average molecular weight is 343 g/mol. The van der Waals surface area contributed by atoms with E-state index in [2.05, 4.69) is 4.72 Å². The highest BCUT2D eigenvalue weighted by atomic mass is 32.2. The standard InChI is InChI=1S/C16H25NO5S/c1-3-15(22-2)12-23(20,21)17-14(9-10-16(18)19)11-13-7-5-4-6-8-13/h4-8,14-15,17H,3,9-12H2,1-2H3,(H,18,19). The lowest BCUT2D eigenvalue weighted by Gasteiger charge is -2.20. The number of carbonyl (C=O) groups is 1. The van der Waals surface area contributed by atoms with Gasteiger partial charge in [0.1, 0.15) is 0 Å². The Morgan fingerprint density at radius 1 is 1.30 bits per heavy atom. The second kappa shape index (κ2) is 9.64. The Balaban J connectivity index is 2.76. The van der Waals surface area contributed by atoms with Crippen molar-refractivity contribution in [1.29, 1.82) is 0 Å². The number of carboxylic acids is 1. The summed E-state index contributed by atoms with van der Waals surface area (Å²) >= 11 is 0. The molecule has 0 spiro atoms. The van der Waals surface area contributed by atoms with Crippen molar-refractivity contribution in [1.82, 2.24) is 4.72 Å². The molecule has 0 aromatic heterocycles. The van der Waals surface area contributed by atoms with Gasteiger partial charge in [-0.25, -0.2) is 13.1 Å². The molecule has 0 heterocycles. The maximum Gasteiger partial charge on any atom is 0.303 e. The van der Waals surface area contributed by atoms with Crippen molar-refractivity contribution in [3.63, 3.8) is 0 Å². The van der Waals surface area contributed by atoms with Gasteiger partial charge in [-0.3, -0.25) is 4.79 Å². The van der Waals surface area contributed by atoms with Crippen LogP contribution in [0.15, 0.2) is 30.3 Å². The molecule has 2 N–H and O–H groups in total. The Kier molecular flexibility index (Phi) is 8.22. The third-order valence-electron chi connectivity index (χ3n) is 3.57. The normalized spacial score (nSPS) is 14.3. The smallest absolute Gasteiger partial charge is 0.303 e. The molecule has 0 radical (unpaired) electrons. The molecular formula is C16H25NO5S. The molecule has 1 aromatic carbocycles. The Morgan fingerprint density at radius 3 is 2.48 bits per heavy atom. The minimum Gasteiger partial charge on any atom is -0.481 e. The summed E-state index contributed by atoms with van der Waals surface area (Å²) in [7, 11) is -2.06. The molecular weight excluding hydrogens is 318 g/mol. The van der Waals surface area contributed by atoms with Crippen LogP contribution in [0.3, 0.4) is 0 Å². The van der Waals surface area contributed by atoms with E-state index in [1.54, 1.807) is 0 Å². The molecule has 0 fully saturated rings. The lowest BCUT2D eigenvalue weighted by Crippen LogP contribution is -2.41.